The van der Waals surface area contributed by atoms with Crippen LogP contribution in [0.5, 0.6) is 0 Å². The van der Waals surface area contributed by atoms with Crippen molar-refractivity contribution in [1.29, 1.82) is 0 Å². The fourth-order valence-corrected chi connectivity index (χ4v) is 5.02. The highest BCUT2D eigenvalue weighted by atomic mass is 35.5. The second kappa shape index (κ2) is 12.3. The van der Waals surface area contributed by atoms with Gasteiger partial charge in [0.25, 0.3) is 5.91 Å². The molecule has 1 unspecified atom stereocenters. The molecule has 0 radical (unpaired) electrons. The molecule has 204 valence electrons. The zero-order valence-corrected chi connectivity index (χ0v) is 22.8. The Balaban J connectivity index is 1.25. The van der Waals surface area contributed by atoms with E-state index in [1.54, 1.807) is 9.80 Å². The predicted octanol–water partition coefficient (Wildman–Crippen LogP) is 5.49. The smallest absolute Gasteiger partial charge is 0.254 e. The van der Waals surface area contributed by atoms with Crippen molar-refractivity contribution in [2.45, 2.75) is 13.0 Å². The fraction of sp³-hybridized carbons (Fsp3) is 0.226. The van der Waals surface area contributed by atoms with Crippen molar-refractivity contribution in [2.24, 2.45) is 0 Å². The predicted molar refractivity (Wildman–Crippen MR) is 154 cm³/mol. The summed E-state index contributed by atoms with van der Waals surface area (Å²) in [7, 11) is 0. The van der Waals surface area contributed by atoms with E-state index >= 15 is 0 Å². The lowest BCUT2D eigenvalue weighted by Crippen LogP contribution is -2.52. The first-order valence-corrected chi connectivity index (χ1v) is 13.5. The van der Waals surface area contributed by atoms with Gasteiger partial charge in [0.2, 0.25) is 5.91 Å². The standard InChI is InChI=1S/C31H29ClFN5O2/c1-22(23-7-3-2-4-8-23)38(31(40)24-11-13-25(33)14-12-24)21-30(39)37-19-17-36(18-20-37)29-16-15-28(34-35-29)26-9-5-6-10-27(26)32/h2-16,22H,17-21H2,1H3. The van der Waals surface area contributed by atoms with Gasteiger partial charge in [-0.25, -0.2) is 4.39 Å². The Morgan fingerprint density at radius 3 is 2.20 bits per heavy atom. The summed E-state index contributed by atoms with van der Waals surface area (Å²) in [6, 6.07) is 25.9. The van der Waals surface area contributed by atoms with E-state index in [1.807, 2.05) is 73.7 Å². The Bertz CT molecular complexity index is 1460. The van der Waals surface area contributed by atoms with Gasteiger partial charge in [-0.2, -0.15) is 0 Å². The van der Waals surface area contributed by atoms with Gasteiger partial charge in [0.15, 0.2) is 5.82 Å². The largest absolute Gasteiger partial charge is 0.352 e. The lowest BCUT2D eigenvalue weighted by molar-refractivity contribution is -0.132. The van der Waals surface area contributed by atoms with Crippen molar-refractivity contribution < 1.29 is 14.0 Å². The van der Waals surface area contributed by atoms with E-state index in [-0.39, 0.29) is 24.4 Å². The van der Waals surface area contributed by atoms with Gasteiger partial charge in [-0.1, -0.05) is 60.1 Å². The van der Waals surface area contributed by atoms with Gasteiger partial charge in [-0.05, 0) is 55.0 Å². The number of aromatic nitrogens is 2. The molecule has 0 aliphatic carbocycles. The summed E-state index contributed by atoms with van der Waals surface area (Å²) in [4.78, 5) is 32.3. The van der Waals surface area contributed by atoms with E-state index in [1.165, 1.54) is 24.3 Å². The van der Waals surface area contributed by atoms with Gasteiger partial charge in [-0.3, -0.25) is 9.59 Å². The van der Waals surface area contributed by atoms with Crippen LogP contribution in [-0.2, 0) is 4.79 Å². The molecule has 0 bridgehead atoms. The van der Waals surface area contributed by atoms with E-state index in [9.17, 15) is 14.0 Å². The van der Waals surface area contributed by atoms with Crippen LogP contribution in [0.1, 0.15) is 28.9 Å². The molecule has 1 atom stereocenters. The third kappa shape index (κ3) is 6.13. The fourth-order valence-electron chi connectivity index (χ4n) is 4.79. The van der Waals surface area contributed by atoms with Crippen molar-refractivity contribution in [1.82, 2.24) is 20.0 Å². The number of benzene rings is 3. The molecule has 9 heteroatoms. The van der Waals surface area contributed by atoms with E-state index in [0.717, 1.165) is 16.9 Å². The number of hydrogen-bond acceptors (Lipinski definition) is 5. The molecular weight excluding hydrogens is 529 g/mol. The van der Waals surface area contributed by atoms with Crippen LogP contribution >= 0.6 is 11.6 Å². The number of piperazine rings is 1. The summed E-state index contributed by atoms with van der Waals surface area (Å²) in [6.07, 6.45) is 0. The minimum absolute atomic E-state index is 0.0847. The molecule has 2 heterocycles. The molecular formula is C31H29ClFN5O2. The van der Waals surface area contributed by atoms with Crippen LogP contribution in [0, 0.1) is 5.82 Å². The Morgan fingerprint density at radius 2 is 1.55 bits per heavy atom. The molecule has 0 N–H and O–H groups in total. The van der Waals surface area contributed by atoms with Gasteiger partial charge in [0.05, 0.1) is 16.8 Å². The topological polar surface area (TPSA) is 69.6 Å². The highest BCUT2D eigenvalue weighted by molar-refractivity contribution is 6.33. The lowest BCUT2D eigenvalue weighted by Gasteiger charge is -2.37. The zero-order chi connectivity index (χ0) is 28.1. The van der Waals surface area contributed by atoms with Gasteiger partial charge in [0.1, 0.15) is 12.4 Å². The molecule has 0 spiro atoms. The second-order valence-corrected chi connectivity index (χ2v) is 10.1. The maximum absolute atomic E-state index is 13.5. The number of carbonyl (C=O) groups is 2. The van der Waals surface area contributed by atoms with Crippen molar-refractivity contribution in [3.8, 4) is 11.3 Å². The Labute approximate surface area is 237 Å². The summed E-state index contributed by atoms with van der Waals surface area (Å²) in [5, 5.41) is 9.36. The molecule has 7 nitrogen and oxygen atoms in total. The molecule has 40 heavy (non-hydrogen) atoms. The molecule has 1 fully saturated rings. The summed E-state index contributed by atoms with van der Waals surface area (Å²) >= 11 is 6.29. The molecule has 4 aromatic rings. The summed E-state index contributed by atoms with van der Waals surface area (Å²) in [6.45, 7) is 3.97. The van der Waals surface area contributed by atoms with E-state index in [4.69, 9.17) is 11.6 Å². The average Bonchev–Trinajstić information content (AvgIpc) is 3.00. The third-order valence-corrected chi connectivity index (χ3v) is 7.49. The number of anilines is 1. The normalized spacial score (nSPS) is 14.1. The molecule has 0 saturated carbocycles. The van der Waals surface area contributed by atoms with Gasteiger partial charge < -0.3 is 14.7 Å². The highest BCUT2D eigenvalue weighted by Gasteiger charge is 2.29. The molecule has 3 aromatic carbocycles. The van der Waals surface area contributed by atoms with Crippen LogP contribution in [0.15, 0.2) is 91.0 Å². The zero-order valence-electron chi connectivity index (χ0n) is 22.1. The summed E-state index contributed by atoms with van der Waals surface area (Å²) < 4.78 is 13.5. The average molecular weight is 558 g/mol. The van der Waals surface area contributed by atoms with Gasteiger partial charge in [0, 0.05) is 37.3 Å². The monoisotopic (exact) mass is 557 g/mol. The SMILES string of the molecule is CC(c1ccccc1)N(CC(=O)N1CCN(c2ccc(-c3ccccc3Cl)nn2)CC1)C(=O)c1ccc(F)cc1. The van der Waals surface area contributed by atoms with E-state index in [2.05, 4.69) is 15.1 Å². The first-order chi connectivity index (χ1) is 19.4. The maximum atomic E-state index is 13.5. The Kier molecular flexibility index (Phi) is 8.36. The summed E-state index contributed by atoms with van der Waals surface area (Å²) in [5.41, 5.74) is 2.76. The van der Waals surface area contributed by atoms with Crippen molar-refractivity contribution in [2.75, 3.05) is 37.6 Å². The number of amides is 2. The maximum Gasteiger partial charge on any atom is 0.254 e. The number of halogens is 2. The molecule has 1 aliphatic rings. The van der Waals surface area contributed by atoms with Crippen molar-refractivity contribution >= 4 is 29.2 Å². The van der Waals surface area contributed by atoms with Crippen LogP contribution in [0.25, 0.3) is 11.3 Å². The molecule has 1 saturated heterocycles. The van der Waals surface area contributed by atoms with Crippen LogP contribution in [0.3, 0.4) is 0 Å². The number of hydrogen-bond donors (Lipinski definition) is 0. The van der Waals surface area contributed by atoms with Crippen LogP contribution in [-0.4, -0.2) is 64.5 Å². The van der Waals surface area contributed by atoms with Crippen LogP contribution < -0.4 is 4.90 Å². The Hall–Kier alpha value is -4.30. The van der Waals surface area contributed by atoms with Crippen LogP contribution in [0.4, 0.5) is 10.2 Å². The van der Waals surface area contributed by atoms with Crippen molar-refractivity contribution in [3.63, 3.8) is 0 Å². The summed E-state index contributed by atoms with van der Waals surface area (Å²) in [5.74, 6) is -0.152. The minimum Gasteiger partial charge on any atom is -0.352 e. The third-order valence-electron chi connectivity index (χ3n) is 7.16. The first kappa shape index (κ1) is 27.3. The quantitative estimate of drug-likeness (QED) is 0.301. The van der Waals surface area contributed by atoms with Gasteiger partial charge in [-0.15, -0.1) is 10.2 Å². The number of carbonyl (C=O) groups excluding carboxylic acids is 2. The lowest BCUT2D eigenvalue weighted by atomic mass is 10.1. The molecule has 1 aromatic heterocycles. The minimum atomic E-state index is -0.420. The first-order valence-electron chi connectivity index (χ1n) is 13.1. The molecule has 5 rings (SSSR count). The number of rotatable bonds is 7. The highest BCUT2D eigenvalue weighted by Crippen LogP contribution is 2.27. The van der Waals surface area contributed by atoms with E-state index in [0.29, 0.717) is 42.5 Å². The number of nitrogens with zero attached hydrogens (tertiary/aromatic N) is 5. The molecule has 2 amide bonds. The van der Waals surface area contributed by atoms with E-state index < -0.39 is 5.82 Å². The molecule has 1 aliphatic heterocycles. The Morgan fingerprint density at radius 1 is 0.875 bits per heavy atom. The van der Waals surface area contributed by atoms with Crippen LogP contribution in [0.2, 0.25) is 5.02 Å². The van der Waals surface area contributed by atoms with Gasteiger partial charge >= 0.3 is 0 Å². The second-order valence-electron chi connectivity index (χ2n) is 9.65. The van der Waals surface area contributed by atoms with Crippen molar-refractivity contribution in [3.05, 3.63) is 113 Å².